The van der Waals surface area contributed by atoms with Crippen molar-refractivity contribution in [3.05, 3.63) is 30.1 Å². The number of nitrogens with zero attached hydrogens (tertiary/aromatic N) is 2. The minimum atomic E-state index is -0.299. The number of nitrogens with one attached hydrogen (secondary N) is 2. The third kappa shape index (κ3) is 2.97. The van der Waals surface area contributed by atoms with Crippen LogP contribution in [0.2, 0.25) is 0 Å². The monoisotopic (exact) mass is 250 g/mol. The summed E-state index contributed by atoms with van der Waals surface area (Å²) in [5, 5.41) is 0. The summed E-state index contributed by atoms with van der Waals surface area (Å²) in [6.07, 6.45) is 6.18. The summed E-state index contributed by atoms with van der Waals surface area (Å²) in [5.41, 5.74) is 6.37. The molecule has 1 amide bonds. The van der Waals surface area contributed by atoms with Crippen LogP contribution >= 0.6 is 11.8 Å². The highest BCUT2D eigenvalue weighted by Crippen LogP contribution is 2.09. The number of aliphatic imine (C=N–C) groups is 1. The molecule has 0 aliphatic carbocycles. The van der Waals surface area contributed by atoms with Crippen LogP contribution in [0.1, 0.15) is 12.0 Å². The maximum absolute atomic E-state index is 11.6. The summed E-state index contributed by atoms with van der Waals surface area (Å²) in [5.74, 6) is 1.54. The Morgan fingerprint density at radius 3 is 2.82 bits per heavy atom. The Balaban J connectivity index is 2.15. The Morgan fingerprint density at radius 2 is 2.12 bits per heavy atom. The molecule has 0 saturated heterocycles. The molecule has 0 spiro atoms. The molecule has 1 aliphatic heterocycles. The van der Waals surface area contributed by atoms with E-state index in [2.05, 4.69) is 20.8 Å². The Morgan fingerprint density at radius 1 is 1.35 bits per heavy atom. The molecule has 17 heavy (non-hydrogen) atoms. The van der Waals surface area contributed by atoms with Gasteiger partial charge in [-0.05, 0) is 30.6 Å². The molecule has 2 rings (SSSR count). The lowest BCUT2D eigenvalue weighted by Crippen LogP contribution is -2.51. The van der Waals surface area contributed by atoms with Crippen LogP contribution < -0.4 is 10.9 Å². The molecule has 1 atom stereocenters. The van der Waals surface area contributed by atoms with E-state index in [1.54, 1.807) is 24.2 Å². The van der Waals surface area contributed by atoms with Crippen molar-refractivity contribution in [2.75, 3.05) is 12.0 Å². The van der Waals surface area contributed by atoms with E-state index in [4.69, 9.17) is 0 Å². The standard InChI is InChI=1S/C11H14N4OS/c1-17-7-4-9-11(16)15-14-10(13-9)8-2-5-12-6-3-8/h2-3,5-6,9H,4,7H2,1H3,(H,13,14)(H,15,16). The van der Waals surface area contributed by atoms with Crippen LogP contribution in [0.5, 0.6) is 0 Å². The molecule has 2 heterocycles. The number of rotatable bonds is 4. The van der Waals surface area contributed by atoms with Gasteiger partial charge in [0, 0.05) is 18.0 Å². The van der Waals surface area contributed by atoms with Crippen molar-refractivity contribution in [3.63, 3.8) is 0 Å². The lowest BCUT2D eigenvalue weighted by Gasteiger charge is -2.22. The second kappa shape index (κ2) is 5.67. The van der Waals surface area contributed by atoms with Crippen LogP contribution in [0.25, 0.3) is 0 Å². The molecule has 1 aliphatic rings. The van der Waals surface area contributed by atoms with Crippen molar-refractivity contribution in [2.45, 2.75) is 12.5 Å². The molecule has 0 saturated carbocycles. The number of hydrogen-bond donors (Lipinski definition) is 2. The molecule has 6 heteroatoms. The van der Waals surface area contributed by atoms with Crippen molar-refractivity contribution >= 4 is 23.5 Å². The second-order valence-electron chi connectivity index (χ2n) is 3.63. The quantitative estimate of drug-likeness (QED) is 0.820. The van der Waals surface area contributed by atoms with E-state index in [0.29, 0.717) is 5.84 Å². The van der Waals surface area contributed by atoms with E-state index in [9.17, 15) is 4.79 Å². The van der Waals surface area contributed by atoms with Gasteiger partial charge in [0.05, 0.1) is 0 Å². The fraction of sp³-hybridized carbons (Fsp3) is 0.364. The number of pyridine rings is 1. The fourth-order valence-corrected chi connectivity index (χ4v) is 1.99. The second-order valence-corrected chi connectivity index (χ2v) is 4.61. The number of hydrazine groups is 1. The van der Waals surface area contributed by atoms with Gasteiger partial charge in [0.1, 0.15) is 11.9 Å². The SMILES string of the molecule is CSCCC1N=C(c2ccncc2)NNC1=O. The van der Waals surface area contributed by atoms with Gasteiger partial charge in [-0.15, -0.1) is 0 Å². The van der Waals surface area contributed by atoms with Gasteiger partial charge in [0.15, 0.2) is 0 Å². The molecule has 0 bridgehead atoms. The summed E-state index contributed by atoms with van der Waals surface area (Å²) < 4.78 is 0. The Bertz CT molecular complexity index is 421. The average Bonchev–Trinajstić information content (AvgIpc) is 2.39. The number of amides is 1. The number of amidine groups is 1. The highest BCUT2D eigenvalue weighted by molar-refractivity contribution is 7.98. The van der Waals surface area contributed by atoms with E-state index < -0.39 is 0 Å². The average molecular weight is 250 g/mol. The molecule has 2 N–H and O–H groups in total. The Labute approximate surface area is 104 Å². The minimum absolute atomic E-state index is 0.0724. The van der Waals surface area contributed by atoms with E-state index in [1.807, 2.05) is 18.4 Å². The molecular formula is C11H14N4OS. The molecule has 5 nitrogen and oxygen atoms in total. The lowest BCUT2D eigenvalue weighted by atomic mass is 10.2. The number of hydrogen-bond acceptors (Lipinski definition) is 5. The first kappa shape index (κ1) is 11.9. The summed E-state index contributed by atoms with van der Waals surface area (Å²) >= 11 is 1.71. The molecule has 0 radical (unpaired) electrons. The number of thioether (sulfide) groups is 1. The third-order valence-electron chi connectivity index (χ3n) is 2.44. The third-order valence-corrected chi connectivity index (χ3v) is 3.08. The topological polar surface area (TPSA) is 66.4 Å². The molecular weight excluding hydrogens is 236 g/mol. The van der Waals surface area contributed by atoms with Crippen molar-refractivity contribution in [2.24, 2.45) is 4.99 Å². The summed E-state index contributed by atoms with van der Waals surface area (Å²) in [6, 6.07) is 3.41. The van der Waals surface area contributed by atoms with Crippen LogP contribution in [0.15, 0.2) is 29.5 Å². The maximum Gasteiger partial charge on any atom is 0.263 e. The maximum atomic E-state index is 11.6. The number of aromatic nitrogens is 1. The van der Waals surface area contributed by atoms with E-state index in [-0.39, 0.29) is 11.9 Å². The Kier molecular flexibility index (Phi) is 3.98. The van der Waals surface area contributed by atoms with Crippen molar-refractivity contribution in [3.8, 4) is 0 Å². The smallest absolute Gasteiger partial charge is 0.263 e. The first-order valence-electron chi connectivity index (χ1n) is 5.34. The van der Waals surface area contributed by atoms with Crippen LogP contribution in [0.3, 0.4) is 0 Å². The zero-order valence-corrected chi connectivity index (χ0v) is 10.3. The van der Waals surface area contributed by atoms with Crippen LogP contribution in [-0.4, -0.2) is 34.8 Å². The summed E-state index contributed by atoms with van der Waals surface area (Å²) in [7, 11) is 0. The van der Waals surface area contributed by atoms with Gasteiger partial charge in [-0.1, -0.05) is 0 Å². The predicted octanol–water partition coefficient (Wildman–Crippen LogP) is 0.584. The number of carbonyl (C=O) groups is 1. The summed E-state index contributed by atoms with van der Waals surface area (Å²) in [6.45, 7) is 0. The van der Waals surface area contributed by atoms with Crippen LogP contribution in [-0.2, 0) is 4.79 Å². The summed E-state index contributed by atoms with van der Waals surface area (Å²) in [4.78, 5) is 19.9. The highest BCUT2D eigenvalue weighted by Gasteiger charge is 2.22. The zero-order chi connectivity index (χ0) is 12.1. The van der Waals surface area contributed by atoms with Crippen molar-refractivity contribution < 1.29 is 4.79 Å². The minimum Gasteiger partial charge on any atom is -0.282 e. The molecule has 0 fully saturated rings. The van der Waals surface area contributed by atoms with Crippen molar-refractivity contribution in [1.29, 1.82) is 0 Å². The first-order valence-corrected chi connectivity index (χ1v) is 6.73. The zero-order valence-electron chi connectivity index (χ0n) is 9.51. The van der Waals surface area contributed by atoms with Gasteiger partial charge in [-0.3, -0.25) is 25.6 Å². The van der Waals surface area contributed by atoms with Crippen molar-refractivity contribution in [1.82, 2.24) is 15.8 Å². The highest BCUT2D eigenvalue weighted by atomic mass is 32.2. The number of carbonyl (C=O) groups excluding carboxylic acids is 1. The lowest BCUT2D eigenvalue weighted by molar-refractivity contribution is -0.123. The van der Waals surface area contributed by atoms with Gasteiger partial charge in [0.25, 0.3) is 5.91 Å². The van der Waals surface area contributed by atoms with Gasteiger partial charge in [0.2, 0.25) is 0 Å². The van der Waals surface area contributed by atoms with Gasteiger partial charge in [-0.25, -0.2) is 0 Å². The molecule has 1 aromatic rings. The van der Waals surface area contributed by atoms with Gasteiger partial charge < -0.3 is 0 Å². The van der Waals surface area contributed by atoms with E-state index >= 15 is 0 Å². The predicted molar refractivity (Wildman–Crippen MR) is 68.8 cm³/mol. The molecule has 1 aromatic heterocycles. The van der Waals surface area contributed by atoms with Gasteiger partial charge >= 0.3 is 0 Å². The van der Waals surface area contributed by atoms with Crippen LogP contribution in [0, 0.1) is 0 Å². The Hall–Kier alpha value is -1.56. The molecule has 90 valence electrons. The van der Waals surface area contributed by atoms with Crippen LogP contribution in [0.4, 0.5) is 0 Å². The normalized spacial score (nSPS) is 19.2. The fourth-order valence-electron chi connectivity index (χ4n) is 1.53. The van der Waals surface area contributed by atoms with E-state index in [0.717, 1.165) is 17.7 Å². The first-order chi connectivity index (χ1) is 8.31. The van der Waals surface area contributed by atoms with Gasteiger partial charge in [-0.2, -0.15) is 11.8 Å². The largest absolute Gasteiger partial charge is 0.282 e. The van der Waals surface area contributed by atoms with E-state index in [1.165, 1.54) is 0 Å². The molecule has 1 unspecified atom stereocenters. The molecule has 0 aromatic carbocycles.